The Morgan fingerprint density at radius 2 is 2.00 bits per heavy atom. The molecular formula is C6H14NO7P. The smallest absolute Gasteiger partial charge is 0.369 e. The van der Waals surface area contributed by atoms with E-state index >= 15 is 0 Å². The van der Waals surface area contributed by atoms with Gasteiger partial charge in [0.2, 0.25) is 0 Å². The van der Waals surface area contributed by atoms with E-state index in [0.29, 0.717) is 0 Å². The molecule has 1 unspecified atom stereocenters. The molecule has 0 aliphatic heterocycles. The molecule has 4 N–H and O–H groups in total. The molecule has 0 rings (SSSR count). The minimum Gasteiger partial charge on any atom is -0.380 e. The third kappa shape index (κ3) is 2.97. The van der Waals surface area contributed by atoms with Crippen molar-refractivity contribution in [1.29, 1.82) is 0 Å². The van der Waals surface area contributed by atoms with Gasteiger partial charge >= 0.3 is 7.60 Å². The van der Waals surface area contributed by atoms with E-state index in [1.807, 2.05) is 5.32 Å². The fourth-order valence-corrected chi connectivity index (χ4v) is 1.84. The van der Waals surface area contributed by atoms with Crippen LogP contribution < -0.4 is 5.32 Å². The topological polar surface area (TPSA) is 125 Å². The number of rotatable bonds is 6. The van der Waals surface area contributed by atoms with E-state index in [0.717, 1.165) is 14.2 Å². The number of nitrogens with one attached hydrogen (secondary N) is 1. The van der Waals surface area contributed by atoms with Crippen molar-refractivity contribution < 1.29 is 33.7 Å². The van der Waals surface area contributed by atoms with Crippen LogP contribution in [-0.2, 0) is 18.8 Å². The summed E-state index contributed by atoms with van der Waals surface area (Å²) in [5.74, 6) is -1.14. The number of carbonyl (C=O) groups is 1. The Kier molecular flexibility index (Phi) is 5.36. The Morgan fingerprint density at radius 3 is 2.27 bits per heavy atom. The maximum Gasteiger partial charge on any atom is 0.369 e. The summed E-state index contributed by atoms with van der Waals surface area (Å²) in [7, 11) is -2.75. The van der Waals surface area contributed by atoms with Crippen molar-refractivity contribution in [2.24, 2.45) is 0 Å². The first-order valence-electron chi connectivity index (χ1n) is 3.84. The summed E-state index contributed by atoms with van der Waals surface area (Å²) in [5, 5.41) is 7.87. The van der Waals surface area contributed by atoms with Crippen LogP contribution >= 0.6 is 7.60 Å². The van der Waals surface area contributed by atoms with Crippen LogP contribution in [0.1, 0.15) is 0 Å². The third-order valence-corrected chi connectivity index (χ3v) is 3.20. The number of amides is 1. The number of carbonyl (C=O) groups excluding carboxylic acids is 1. The standard InChI is InChI=1S/C6H14NO7P/c1-13-3-6(14-2,15(10,11)12)5(9)7-4-8/h8H,3-4H2,1-2H3,(H,7,9)(H2,10,11,12). The Hall–Kier alpha value is -0.500. The highest BCUT2D eigenvalue weighted by Gasteiger charge is 2.54. The number of hydrogen-bond donors (Lipinski definition) is 4. The first kappa shape index (κ1) is 14.5. The van der Waals surface area contributed by atoms with E-state index < -0.39 is 32.2 Å². The molecule has 0 aliphatic rings. The second-order valence-corrected chi connectivity index (χ2v) is 4.44. The summed E-state index contributed by atoms with van der Waals surface area (Å²) in [6.07, 6.45) is 0. The molecule has 0 aromatic rings. The van der Waals surface area contributed by atoms with E-state index in [-0.39, 0.29) is 0 Å². The summed E-state index contributed by atoms with van der Waals surface area (Å²) >= 11 is 0. The largest absolute Gasteiger partial charge is 0.380 e. The van der Waals surface area contributed by atoms with Crippen molar-refractivity contribution in [3.05, 3.63) is 0 Å². The SMILES string of the molecule is COCC(OC)(C(=O)NCO)P(=O)(O)O. The zero-order valence-corrected chi connectivity index (χ0v) is 9.23. The maximum atomic E-state index is 11.4. The van der Waals surface area contributed by atoms with E-state index in [1.165, 1.54) is 0 Å². The van der Waals surface area contributed by atoms with Crippen LogP contribution in [-0.4, -0.2) is 53.7 Å². The van der Waals surface area contributed by atoms with Gasteiger partial charge < -0.3 is 29.7 Å². The average molecular weight is 243 g/mol. The minimum absolute atomic E-state index is 0.625. The van der Waals surface area contributed by atoms with E-state index in [1.54, 1.807) is 0 Å². The molecule has 0 spiro atoms. The lowest BCUT2D eigenvalue weighted by molar-refractivity contribution is -0.141. The molecule has 0 saturated heterocycles. The fourth-order valence-electron chi connectivity index (χ4n) is 0.958. The molecule has 15 heavy (non-hydrogen) atoms. The highest BCUT2D eigenvalue weighted by Crippen LogP contribution is 2.51. The van der Waals surface area contributed by atoms with Gasteiger partial charge in [-0.2, -0.15) is 0 Å². The quantitative estimate of drug-likeness (QED) is 0.321. The maximum absolute atomic E-state index is 11.4. The van der Waals surface area contributed by atoms with Crippen LogP contribution in [0.3, 0.4) is 0 Å². The molecule has 0 bridgehead atoms. The molecular weight excluding hydrogens is 229 g/mol. The van der Waals surface area contributed by atoms with Gasteiger partial charge in [0.15, 0.2) is 0 Å². The number of aliphatic hydroxyl groups is 1. The minimum atomic E-state index is -4.88. The monoisotopic (exact) mass is 243 g/mol. The summed E-state index contributed by atoms with van der Waals surface area (Å²) in [4.78, 5) is 29.4. The van der Waals surface area contributed by atoms with Gasteiger partial charge in [0.05, 0.1) is 6.61 Å². The Bertz CT molecular complexity index is 264. The molecule has 8 nitrogen and oxygen atoms in total. The van der Waals surface area contributed by atoms with Gasteiger partial charge in [0.25, 0.3) is 11.2 Å². The highest BCUT2D eigenvalue weighted by atomic mass is 31.2. The molecule has 1 amide bonds. The second kappa shape index (κ2) is 5.55. The van der Waals surface area contributed by atoms with Crippen LogP contribution in [0.2, 0.25) is 0 Å². The van der Waals surface area contributed by atoms with Gasteiger partial charge in [-0.1, -0.05) is 0 Å². The van der Waals surface area contributed by atoms with Crippen LogP contribution in [0.4, 0.5) is 0 Å². The fraction of sp³-hybridized carbons (Fsp3) is 0.833. The van der Waals surface area contributed by atoms with Crippen molar-refractivity contribution in [3.63, 3.8) is 0 Å². The molecule has 0 saturated carbocycles. The van der Waals surface area contributed by atoms with Crippen molar-refractivity contribution in [2.75, 3.05) is 27.6 Å². The first-order valence-corrected chi connectivity index (χ1v) is 5.46. The molecule has 0 heterocycles. The van der Waals surface area contributed by atoms with Gasteiger partial charge in [-0.05, 0) is 0 Å². The molecule has 0 fully saturated rings. The van der Waals surface area contributed by atoms with E-state index in [4.69, 9.17) is 14.9 Å². The lowest BCUT2D eigenvalue weighted by atomic mass is 10.3. The van der Waals surface area contributed by atoms with Crippen molar-refractivity contribution >= 4 is 13.5 Å². The molecule has 0 aromatic carbocycles. The van der Waals surface area contributed by atoms with Crippen molar-refractivity contribution in [2.45, 2.75) is 5.34 Å². The molecule has 0 radical (unpaired) electrons. The number of methoxy groups -OCH3 is 2. The summed E-state index contributed by atoms with van der Waals surface area (Å²) in [5.41, 5.74) is 0. The summed E-state index contributed by atoms with van der Waals surface area (Å²) in [6.45, 7) is -1.38. The number of ether oxygens (including phenoxy) is 2. The van der Waals surface area contributed by atoms with Crippen LogP contribution in [0.15, 0.2) is 0 Å². The summed E-state index contributed by atoms with van der Waals surface area (Å²) in [6, 6.07) is 0. The second-order valence-electron chi connectivity index (χ2n) is 2.63. The predicted octanol–water partition coefficient (Wildman–Crippen LogP) is -1.78. The van der Waals surface area contributed by atoms with Crippen LogP contribution in [0.25, 0.3) is 0 Å². The zero-order chi connectivity index (χ0) is 12.1. The van der Waals surface area contributed by atoms with Gasteiger partial charge in [0, 0.05) is 14.2 Å². The predicted molar refractivity (Wildman–Crippen MR) is 48.9 cm³/mol. The number of aliphatic hydroxyl groups excluding tert-OH is 1. The van der Waals surface area contributed by atoms with Crippen molar-refractivity contribution in [1.82, 2.24) is 5.32 Å². The van der Waals surface area contributed by atoms with Crippen LogP contribution in [0.5, 0.6) is 0 Å². The molecule has 90 valence electrons. The average Bonchev–Trinajstić information content (AvgIpc) is 2.12. The van der Waals surface area contributed by atoms with Gasteiger partial charge in [0.1, 0.15) is 6.73 Å². The Labute approximate surface area is 86.3 Å². The van der Waals surface area contributed by atoms with E-state index in [2.05, 4.69) is 9.47 Å². The summed E-state index contributed by atoms with van der Waals surface area (Å²) < 4.78 is 20.2. The van der Waals surface area contributed by atoms with Gasteiger partial charge in [-0.3, -0.25) is 9.36 Å². The molecule has 1 atom stereocenters. The highest BCUT2D eigenvalue weighted by molar-refractivity contribution is 7.54. The molecule has 9 heteroatoms. The lowest BCUT2D eigenvalue weighted by Gasteiger charge is -2.30. The zero-order valence-electron chi connectivity index (χ0n) is 8.34. The normalized spacial score (nSPS) is 15.8. The van der Waals surface area contributed by atoms with E-state index in [9.17, 15) is 9.36 Å². The number of hydrogen-bond acceptors (Lipinski definition) is 5. The molecule has 0 aromatic heterocycles. The molecule has 0 aliphatic carbocycles. The van der Waals surface area contributed by atoms with Gasteiger partial charge in [-0.25, -0.2) is 0 Å². The van der Waals surface area contributed by atoms with Crippen molar-refractivity contribution in [3.8, 4) is 0 Å². The van der Waals surface area contributed by atoms with Gasteiger partial charge in [-0.15, -0.1) is 0 Å². The lowest BCUT2D eigenvalue weighted by Crippen LogP contribution is -2.51. The Morgan fingerprint density at radius 1 is 1.47 bits per heavy atom. The Balaban J connectivity index is 5.15. The third-order valence-electron chi connectivity index (χ3n) is 1.74. The first-order chi connectivity index (χ1) is 6.85. The van der Waals surface area contributed by atoms with Crippen LogP contribution in [0, 0.1) is 0 Å².